The molecule has 14 heavy (non-hydrogen) atoms. The smallest absolute Gasteiger partial charge is 0.185 e. The highest BCUT2D eigenvalue weighted by Crippen LogP contribution is 2.13. The van der Waals surface area contributed by atoms with Crippen molar-refractivity contribution in [2.24, 2.45) is 0 Å². The number of hydrogen-bond donors (Lipinski definition) is 0. The molecule has 0 bridgehead atoms. The summed E-state index contributed by atoms with van der Waals surface area (Å²) in [7, 11) is 1.59. The molecule has 0 N–H and O–H groups in total. The van der Waals surface area contributed by atoms with Crippen molar-refractivity contribution in [2.75, 3.05) is 7.11 Å². The Hall–Kier alpha value is -1.57. The topological polar surface area (TPSA) is 26.3 Å². The lowest BCUT2D eigenvalue weighted by Gasteiger charge is -2.00. The highest BCUT2D eigenvalue weighted by molar-refractivity contribution is 6.04. The van der Waals surface area contributed by atoms with Gasteiger partial charge in [0.25, 0.3) is 0 Å². The number of methoxy groups -OCH3 is 1. The molecule has 0 spiro atoms. The Morgan fingerprint density at radius 1 is 1.50 bits per heavy atom. The summed E-state index contributed by atoms with van der Waals surface area (Å²) in [5.74, 6) is 0.728. The fourth-order valence-corrected chi connectivity index (χ4v) is 1.10. The van der Waals surface area contributed by atoms with Crippen LogP contribution in [0.1, 0.15) is 23.7 Å². The molecule has 0 saturated carbocycles. The maximum Gasteiger partial charge on any atom is 0.185 e. The average molecular weight is 190 g/mol. The lowest BCUT2D eigenvalue weighted by Crippen LogP contribution is -1.94. The van der Waals surface area contributed by atoms with E-state index in [9.17, 15) is 4.79 Å². The molecule has 0 saturated heterocycles. The normalized spacial score (nSPS) is 10.4. The first kappa shape index (κ1) is 10.5. The standard InChI is InChI=1S/C12H14O2/c1-3-4-8-12(13)10-6-5-7-11(9-10)14-2/h4-9H,3H2,1-2H3/b8-4+. The maximum atomic E-state index is 11.5. The van der Waals surface area contributed by atoms with E-state index in [1.165, 1.54) is 0 Å². The number of rotatable bonds is 4. The van der Waals surface area contributed by atoms with Crippen molar-refractivity contribution < 1.29 is 9.53 Å². The second kappa shape index (κ2) is 5.22. The van der Waals surface area contributed by atoms with Gasteiger partial charge >= 0.3 is 0 Å². The molecule has 1 aromatic rings. The molecule has 0 atom stereocenters. The van der Waals surface area contributed by atoms with Crippen LogP contribution in [0.3, 0.4) is 0 Å². The number of ketones is 1. The molecular weight excluding hydrogens is 176 g/mol. The second-order valence-electron chi connectivity index (χ2n) is 2.91. The number of allylic oxidation sites excluding steroid dienone is 2. The summed E-state index contributed by atoms with van der Waals surface area (Å²) in [6, 6.07) is 7.15. The molecule has 0 fully saturated rings. The van der Waals surface area contributed by atoms with E-state index in [4.69, 9.17) is 4.74 Å². The fraction of sp³-hybridized carbons (Fsp3) is 0.250. The van der Waals surface area contributed by atoms with Crippen LogP contribution in [0, 0.1) is 0 Å². The molecule has 0 radical (unpaired) electrons. The van der Waals surface area contributed by atoms with Crippen LogP contribution in [-0.2, 0) is 0 Å². The summed E-state index contributed by atoms with van der Waals surface area (Å²) < 4.78 is 5.03. The van der Waals surface area contributed by atoms with Crippen LogP contribution in [0.5, 0.6) is 5.75 Å². The molecule has 0 unspecified atom stereocenters. The second-order valence-corrected chi connectivity index (χ2v) is 2.91. The molecule has 0 aliphatic heterocycles. The monoisotopic (exact) mass is 190 g/mol. The largest absolute Gasteiger partial charge is 0.497 e. The minimum atomic E-state index is 0.0192. The van der Waals surface area contributed by atoms with Crippen molar-refractivity contribution >= 4 is 5.78 Å². The molecule has 0 aromatic heterocycles. The first-order valence-electron chi connectivity index (χ1n) is 4.63. The van der Waals surface area contributed by atoms with Crippen molar-refractivity contribution in [3.05, 3.63) is 42.0 Å². The number of hydrogen-bond acceptors (Lipinski definition) is 2. The van der Waals surface area contributed by atoms with Gasteiger partial charge in [-0.2, -0.15) is 0 Å². The minimum Gasteiger partial charge on any atom is -0.497 e. The van der Waals surface area contributed by atoms with E-state index in [2.05, 4.69) is 0 Å². The van der Waals surface area contributed by atoms with Gasteiger partial charge in [0.2, 0.25) is 0 Å². The third kappa shape index (κ3) is 2.73. The minimum absolute atomic E-state index is 0.0192. The van der Waals surface area contributed by atoms with Crippen LogP contribution in [0.2, 0.25) is 0 Å². The molecule has 74 valence electrons. The molecule has 1 rings (SSSR count). The highest BCUT2D eigenvalue weighted by atomic mass is 16.5. The van der Waals surface area contributed by atoms with Gasteiger partial charge in [0.1, 0.15) is 5.75 Å². The van der Waals surface area contributed by atoms with Gasteiger partial charge in [0.15, 0.2) is 5.78 Å². The molecular formula is C12H14O2. The van der Waals surface area contributed by atoms with Crippen LogP contribution in [-0.4, -0.2) is 12.9 Å². The van der Waals surface area contributed by atoms with Gasteiger partial charge in [0, 0.05) is 5.56 Å². The lowest BCUT2D eigenvalue weighted by atomic mass is 10.1. The summed E-state index contributed by atoms with van der Waals surface area (Å²) >= 11 is 0. The van der Waals surface area contributed by atoms with E-state index >= 15 is 0 Å². The molecule has 0 amide bonds. The molecule has 0 heterocycles. The van der Waals surface area contributed by atoms with Crippen molar-refractivity contribution in [1.82, 2.24) is 0 Å². The number of ether oxygens (including phenoxy) is 1. The zero-order valence-electron chi connectivity index (χ0n) is 8.49. The van der Waals surface area contributed by atoms with E-state index in [0.29, 0.717) is 11.3 Å². The van der Waals surface area contributed by atoms with E-state index < -0.39 is 0 Å². The summed E-state index contributed by atoms with van der Waals surface area (Å²) in [6.07, 6.45) is 4.31. The third-order valence-corrected chi connectivity index (χ3v) is 1.86. The lowest BCUT2D eigenvalue weighted by molar-refractivity contribution is 0.104. The van der Waals surface area contributed by atoms with E-state index in [-0.39, 0.29) is 5.78 Å². The molecule has 0 aliphatic carbocycles. The van der Waals surface area contributed by atoms with Gasteiger partial charge in [-0.25, -0.2) is 0 Å². The maximum absolute atomic E-state index is 11.5. The zero-order chi connectivity index (χ0) is 10.4. The van der Waals surface area contributed by atoms with Gasteiger partial charge in [-0.1, -0.05) is 25.1 Å². The van der Waals surface area contributed by atoms with Crippen molar-refractivity contribution in [3.8, 4) is 5.75 Å². The van der Waals surface area contributed by atoms with E-state index in [1.54, 1.807) is 25.3 Å². The quantitative estimate of drug-likeness (QED) is 0.539. The van der Waals surface area contributed by atoms with E-state index in [1.807, 2.05) is 25.1 Å². The number of carbonyl (C=O) groups excluding carboxylic acids is 1. The summed E-state index contributed by atoms with van der Waals surface area (Å²) in [4.78, 5) is 11.5. The molecule has 2 nitrogen and oxygen atoms in total. The van der Waals surface area contributed by atoms with Crippen molar-refractivity contribution in [1.29, 1.82) is 0 Å². The SMILES string of the molecule is CC/C=C/C(=O)c1cccc(OC)c1. The average Bonchev–Trinajstić information content (AvgIpc) is 2.26. The molecule has 1 aromatic carbocycles. The Labute approximate surface area is 84.2 Å². The van der Waals surface area contributed by atoms with Crippen LogP contribution in [0.4, 0.5) is 0 Å². The first-order chi connectivity index (χ1) is 6.77. The van der Waals surface area contributed by atoms with Crippen LogP contribution < -0.4 is 4.74 Å². The first-order valence-corrected chi connectivity index (χ1v) is 4.63. The van der Waals surface area contributed by atoms with Crippen LogP contribution in [0.25, 0.3) is 0 Å². The van der Waals surface area contributed by atoms with E-state index in [0.717, 1.165) is 6.42 Å². The fourth-order valence-electron chi connectivity index (χ4n) is 1.10. The zero-order valence-corrected chi connectivity index (χ0v) is 8.49. The van der Waals surface area contributed by atoms with Gasteiger partial charge in [0.05, 0.1) is 7.11 Å². The predicted octanol–water partition coefficient (Wildman–Crippen LogP) is 2.84. The van der Waals surface area contributed by atoms with Crippen LogP contribution >= 0.6 is 0 Å². The van der Waals surface area contributed by atoms with Gasteiger partial charge in [-0.3, -0.25) is 4.79 Å². The Balaban J connectivity index is 2.84. The summed E-state index contributed by atoms with van der Waals surface area (Å²) in [6.45, 7) is 2.00. The summed E-state index contributed by atoms with van der Waals surface area (Å²) in [5, 5.41) is 0. The Bertz CT molecular complexity index is 340. The van der Waals surface area contributed by atoms with Crippen molar-refractivity contribution in [2.45, 2.75) is 13.3 Å². The summed E-state index contributed by atoms with van der Waals surface area (Å²) in [5.41, 5.74) is 0.661. The van der Waals surface area contributed by atoms with Gasteiger partial charge < -0.3 is 4.74 Å². The Morgan fingerprint density at radius 2 is 2.29 bits per heavy atom. The van der Waals surface area contributed by atoms with Crippen LogP contribution in [0.15, 0.2) is 36.4 Å². The highest BCUT2D eigenvalue weighted by Gasteiger charge is 2.01. The van der Waals surface area contributed by atoms with Crippen molar-refractivity contribution in [3.63, 3.8) is 0 Å². The predicted molar refractivity (Wildman–Crippen MR) is 56.8 cm³/mol. The molecule has 0 aliphatic rings. The molecule has 2 heteroatoms. The Kier molecular flexibility index (Phi) is 3.92. The number of benzene rings is 1. The number of carbonyl (C=O) groups is 1. The van der Waals surface area contributed by atoms with Gasteiger partial charge in [-0.05, 0) is 24.6 Å². The third-order valence-electron chi connectivity index (χ3n) is 1.86. The Morgan fingerprint density at radius 3 is 2.93 bits per heavy atom. The van der Waals surface area contributed by atoms with Gasteiger partial charge in [-0.15, -0.1) is 0 Å².